The molecule has 0 radical (unpaired) electrons. The van der Waals surface area contributed by atoms with Crippen molar-refractivity contribution in [2.45, 2.75) is 81.0 Å². The van der Waals surface area contributed by atoms with E-state index in [-0.39, 0.29) is 16.2 Å². The van der Waals surface area contributed by atoms with Crippen LogP contribution >= 0.6 is 0 Å². The molecule has 21 rings (SSSR count). The Balaban J connectivity index is 0.695. The van der Waals surface area contributed by atoms with E-state index in [9.17, 15) is 0 Å². The average Bonchev–Trinajstić information content (AvgIpc) is 1.53. The van der Waals surface area contributed by atoms with E-state index in [1.54, 1.807) is 16.7 Å². The molecule has 0 amide bonds. The van der Waals surface area contributed by atoms with E-state index < -0.39 is 0 Å². The summed E-state index contributed by atoms with van der Waals surface area (Å²) in [5.74, 6) is 2.77. The topological polar surface area (TPSA) is 11.4 Å². The Morgan fingerprint density at radius 1 is 0.327 bits per heavy atom. The maximum absolute atomic E-state index is 2.72. The number of fused-ring (bicyclic) bond motifs is 22. The number of nitrogens with zero attached hydrogens (tertiary/aromatic N) is 3. The highest BCUT2D eigenvalue weighted by Gasteiger charge is 2.58. The van der Waals surface area contributed by atoms with Crippen molar-refractivity contribution in [2.75, 3.05) is 9.80 Å². The van der Waals surface area contributed by atoms with E-state index >= 15 is 0 Å². The van der Waals surface area contributed by atoms with Gasteiger partial charge in [0.2, 0.25) is 0 Å². The molecule has 7 atom stereocenters. The van der Waals surface area contributed by atoms with Gasteiger partial charge in [0.1, 0.15) is 0 Å². The van der Waals surface area contributed by atoms with Crippen LogP contribution in [-0.4, -0.2) is 4.57 Å². The molecule has 2 spiro atoms. The molecule has 0 saturated heterocycles. The van der Waals surface area contributed by atoms with Crippen molar-refractivity contribution in [3.8, 4) is 61.3 Å². The molecule has 4 saturated carbocycles. The number of benzene rings is 13. The third-order valence-corrected chi connectivity index (χ3v) is 25.4. The van der Waals surface area contributed by atoms with Crippen LogP contribution in [0.4, 0.5) is 34.1 Å². The minimum Gasteiger partial charge on any atom is -0.310 e. The molecule has 7 aliphatic carbocycles. The summed E-state index contributed by atoms with van der Waals surface area (Å²) in [6.45, 7) is 2.56. The van der Waals surface area contributed by atoms with Gasteiger partial charge in [0, 0.05) is 66.7 Å². The summed E-state index contributed by atoms with van der Waals surface area (Å²) in [6, 6.07) is 116. The summed E-state index contributed by atoms with van der Waals surface area (Å²) in [5, 5.41) is 2.51. The zero-order valence-corrected chi connectivity index (χ0v) is 55.4. The number of para-hydroxylation sites is 3. The number of anilines is 6. The fourth-order valence-corrected chi connectivity index (χ4v) is 21.3. The highest BCUT2D eigenvalue weighted by Crippen LogP contribution is 2.68. The highest BCUT2D eigenvalue weighted by molar-refractivity contribution is 6.11. The lowest BCUT2D eigenvalue weighted by Gasteiger charge is -2.38. The van der Waals surface area contributed by atoms with Crippen molar-refractivity contribution < 1.29 is 0 Å². The van der Waals surface area contributed by atoms with Crippen LogP contribution in [0.5, 0.6) is 0 Å². The SMILES string of the molecule is CC1(Cc2ccc3c(c2)C2(CC4CCC2C4)c2cc(N(c4ccc5c6ccccc6n(-c6ccccc6)c5c4)c4ccccc4-c4ccccc4)ccc2-3)c2ccccc2-c2ccc(N(c3ccc(-c4ccccc4)cc3)c3ccc4c(c3)C3(CC5CCC3C5)c3ccccc3-4)cc21. The van der Waals surface area contributed by atoms with Gasteiger partial charge in [-0.05, 0) is 243 Å². The maximum atomic E-state index is 2.72. The van der Waals surface area contributed by atoms with Gasteiger partial charge in [0.05, 0.1) is 16.7 Å². The van der Waals surface area contributed by atoms with E-state index in [1.165, 1.54) is 179 Å². The second-order valence-corrected chi connectivity index (χ2v) is 30.1. The molecule has 3 nitrogen and oxygen atoms in total. The average molecular weight is 1260 g/mol. The van der Waals surface area contributed by atoms with Crippen LogP contribution in [0.25, 0.3) is 83.1 Å². The van der Waals surface area contributed by atoms with Gasteiger partial charge in [-0.2, -0.15) is 0 Å². The van der Waals surface area contributed by atoms with Crippen molar-refractivity contribution >= 4 is 55.9 Å². The molecule has 470 valence electrons. The molecule has 1 heterocycles. The van der Waals surface area contributed by atoms with Gasteiger partial charge in [-0.25, -0.2) is 0 Å². The lowest BCUT2D eigenvalue weighted by atomic mass is 9.66. The Hall–Kier alpha value is -10.7. The number of rotatable bonds is 11. The number of hydrogen-bond acceptors (Lipinski definition) is 2. The number of hydrogen-bond donors (Lipinski definition) is 0. The van der Waals surface area contributed by atoms with Crippen molar-refractivity contribution in [3.05, 3.63) is 342 Å². The maximum Gasteiger partial charge on any atom is 0.0561 e. The molecule has 14 aromatic rings. The molecule has 7 aliphatic rings. The van der Waals surface area contributed by atoms with E-state index in [0.717, 1.165) is 23.7 Å². The van der Waals surface area contributed by atoms with E-state index in [2.05, 4.69) is 325 Å². The summed E-state index contributed by atoms with van der Waals surface area (Å²) in [5.41, 5.74) is 34.1. The monoisotopic (exact) mass is 1260 g/mol. The smallest absolute Gasteiger partial charge is 0.0561 e. The normalized spacial score (nSPS) is 22.2. The largest absolute Gasteiger partial charge is 0.310 e. The Kier molecular flexibility index (Phi) is 12.3. The fraction of sp³-hybridized carbons (Fsp3) is 0.179. The van der Waals surface area contributed by atoms with Crippen molar-refractivity contribution in [1.82, 2.24) is 4.57 Å². The molecular formula is C95H75N3. The van der Waals surface area contributed by atoms with Gasteiger partial charge in [-0.15, -0.1) is 0 Å². The van der Waals surface area contributed by atoms with Crippen molar-refractivity contribution in [1.29, 1.82) is 0 Å². The van der Waals surface area contributed by atoms with Crippen molar-refractivity contribution in [2.24, 2.45) is 23.7 Å². The zero-order chi connectivity index (χ0) is 64.4. The molecule has 4 fully saturated rings. The molecule has 0 aliphatic heterocycles. The summed E-state index contributed by atoms with van der Waals surface area (Å²) in [4.78, 5) is 5.17. The zero-order valence-electron chi connectivity index (χ0n) is 55.4. The molecule has 1 aromatic heterocycles. The molecule has 0 N–H and O–H groups in total. The predicted molar refractivity (Wildman–Crippen MR) is 406 cm³/mol. The molecule has 3 heteroatoms. The third kappa shape index (κ3) is 8.11. The van der Waals surface area contributed by atoms with Crippen LogP contribution in [0.1, 0.15) is 97.2 Å². The first-order valence-electron chi connectivity index (χ1n) is 36.1. The van der Waals surface area contributed by atoms with Crippen LogP contribution in [0, 0.1) is 23.7 Å². The quantitative estimate of drug-likeness (QED) is 0.128. The van der Waals surface area contributed by atoms with Gasteiger partial charge in [0.25, 0.3) is 0 Å². The van der Waals surface area contributed by atoms with Crippen LogP contribution in [-0.2, 0) is 22.7 Å². The number of aromatic nitrogens is 1. The summed E-state index contributed by atoms with van der Waals surface area (Å²) in [6.07, 6.45) is 11.3. The van der Waals surface area contributed by atoms with Crippen LogP contribution < -0.4 is 9.80 Å². The van der Waals surface area contributed by atoms with Gasteiger partial charge < -0.3 is 14.4 Å². The Labute approximate surface area is 575 Å². The van der Waals surface area contributed by atoms with Crippen LogP contribution in [0.2, 0.25) is 0 Å². The fourth-order valence-electron chi connectivity index (χ4n) is 21.3. The Bertz CT molecular complexity index is 5570. The van der Waals surface area contributed by atoms with Crippen LogP contribution in [0.15, 0.2) is 303 Å². The first kappa shape index (κ1) is 56.4. The molecular weight excluding hydrogens is 1180 g/mol. The van der Waals surface area contributed by atoms with Crippen molar-refractivity contribution in [3.63, 3.8) is 0 Å². The van der Waals surface area contributed by atoms with E-state index in [1.807, 2.05) is 0 Å². The Morgan fingerprint density at radius 2 is 0.786 bits per heavy atom. The summed E-state index contributed by atoms with van der Waals surface area (Å²) >= 11 is 0. The minimum absolute atomic E-state index is 0.0690. The second kappa shape index (κ2) is 21.4. The van der Waals surface area contributed by atoms with E-state index in [4.69, 9.17) is 0 Å². The first-order chi connectivity index (χ1) is 48.4. The molecule has 7 unspecified atom stereocenters. The molecule has 13 aromatic carbocycles. The highest BCUT2D eigenvalue weighted by atomic mass is 15.2. The lowest BCUT2D eigenvalue weighted by molar-refractivity contribution is 0.327. The van der Waals surface area contributed by atoms with E-state index in [0.29, 0.717) is 17.8 Å². The van der Waals surface area contributed by atoms with Crippen LogP contribution in [0.3, 0.4) is 0 Å². The van der Waals surface area contributed by atoms with Gasteiger partial charge in [0.15, 0.2) is 0 Å². The lowest BCUT2D eigenvalue weighted by Crippen LogP contribution is -2.32. The standard InChI is InChI=1S/C95H75N3/c1-93(84-29-15-11-26-76(84)78-47-42-71(54-86(78)93)96(70-40-36-65(37-41-70)64-19-5-2-6-20-64)72-43-48-80-77-27-12-16-30-85(77)94(88(80)55-72)59-61-33-38-67(94)51-61)58-63-35-46-79-81-49-44-73(56-89(81)95(87(79)53-63)60-62-34-39-68(95)52-62)97(90-31-17-13-25-75(90)66-21-7-3-8-22-66)74-45-50-83-82-28-14-18-32-91(82)98(92(83)57-74)69-23-9-4-10-24-69/h2-32,35-37,40-50,53-57,61-62,67-68H,33-34,38-39,51-52,58-60H2,1H3. The van der Waals surface area contributed by atoms with Gasteiger partial charge >= 0.3 is 0 Å². The first-order valence-corrected chi connectivity index (χ1v) is 36.1. The predicted octanol–water partition coefficient (Wildman–Crippen LogP) is 24.8. The van der Waals surface area contributed by atoms with Gasteiger partial charge in [-0.3, -0.25) is 0 Å². The molecule has 98 heavy (non-hydrogen) atoms. The third-order valence-electron chi connectivity index (χ3n) is 25.4. The summed E-state index contributed by atoms with van der Waals surface area (Å²) < 4.78 is 2.46. The Morgan fingerprint density at radius 3 is 1.44 bits per heavy atom. The summed E-state index contributed by atoms with van der Waals surface area (Å²) in [7, 11) is 0. The molecule has 4 bridgehead atoms. The second-order valence-electron chi connectivity index (χ2n) is 30.1. The minimum atomic E-state index is -0.313. The van der Waals surface area contributed by atoms with Gasteiger partial charge in [-0.1, -0.05) is 238 Å².